The first kappa shape index (κ1) is 25.1. The maximum absolute atomic E-state index is 14.5. The van der Waals surface area contributed by atoms with Crippen LogP contribution in [0, 0.1) is 23.4 Å². The molecule has 2 unspecified atom stereocenters. The molecule has 6 rings (SSSR count). The molecule has 1 N–H and O–H groups in total. The Morgan fingerprint density at radius 1 is 1.03 bits per heavy atom. The van der Waals surface area contributed by atoms with Crippen LogP contribution in [0.25, 0.3) is 0 Å². The number of ether oxygens (including phenoxy) is 1. The van der Waals surface area contributed by atoms with E-state index in [-0.39, 0.29) is 36.6 Å². The predicted octanol–water partition coefficient (Wildman–Crippen LogP) is 3.73. The van der Waals surface area contributed by atoms with Crippen molar-refractivity contribution in [1.29, 1.82) is 0 Å². The molecule has 11 heteroatoms. The van der Waals surface area contributed by atoms with E-state index < -0.39 is 64.6 Å². The largest absolute Gasteiger partial charge is 0.483 e. The number of benzene rings is 2. The summed E-state index contributed by atoms with van der Waals surface area (Å²) >= 11 is 0. The van der Waals surface area contributed by atoms with Gasteiger partial charge in [-0.1, -0.05) is 30.3 Å². The molecule has 1 aliphatic carbocycles. The fraction of sp³-hybridized carbons (Fsp3) is 0.321. The Morgan fingerprint density at radius 3 is 2.46 bits per heavy atom. The second kappa shape index (κ2) is 9.55. The third-order valence-electron chi connectivity index (χ3n) is 7.81. The summed E-state index contributed by atoms with van der Waals surface area (Å²) in [4.78, 5) is 41.7. The number of nitrogens with one attached hydrogen (secondary N) is 1. The molecule has 0 spiro atoms. The van der Waals surface area contributed by atoms with Crippen LogP contribution in [0.2, 0.25) is 0 Å². The van der Waals surface area contributed by atoms with E-state index in [1.165, 1.54) is 15.7 Å². The first-order valence-corrected chi connectivity index (χ1v) is 12.6. The number of fused-ring (bicyclic) bond motifs is 6. The van der Waals surface area contributed by atoms with Gasteiger partial charge in [0.15, 0.2) is 11.4 Å². The molecular weight excluding hydrogens is 518 g/mol. The molecule has 39 heavy (non-hydrogen) atoms. The number of carbonyl (C=O) groups is 2. The van der Waals surface area contributed by atoms with E-state index in [0.717, 1.165) is 0 Å². The van der Waals surface area contributed by atoms with Gasteiger partial charge in [-0.3, -0.25) is 14.4 Å². The molecule has 4 atom stereocenters. The van der Waals surface area contributed by atoms with Gasteiger partial charge in [0.2, 0.25) is 5.43 Å². The molecule has 3 aromatic rings. The lowest BCUT2D eigenvalue weighted by Gasteiger charge is -2.41. The molecule has 2 amide bonds. The number of hydrogen-bond acceptors (Lipinski definition) is 4. The van der Waals surface area contributed by atoms with Crippen LogP contribution in [0.15, 0.2) is 53.5 Å². The number of hydrogen-bond donors (Lipinski definition) is 1. The van der Waals surface area contributed by atoms with Gasteiger partial charge in [0, 0.05) is 37.0 Å². The van der Waals surface area contributed by atoms with Crippen molar-refractivity contribution < 1.29 is 31.9 Å². The molecule has 1 aromatic heterocycles. The van der Waals surface area contributed by atoms with Crippen molar-refractivity contribution in [1.82, 2.24) is 14.8 Å². The van der Waals surface area contributed by atoms with Gasteiger partial charge in [0.1, 0.15) is 35.8 Å². The van der Waals surface area contributed by atoms with Crippen molar-refractivity contribution in [3.8, 4) is 5.75 Å². The van der Waals surface area contributed by atoms with Crippen molar-refractivity contribution in [3.63, 3.8) is 0 Å². The van der Waals surface area contributed by atoms with Crippen LogP contribution in [0.4, 0.5) is 17.6 Å². The van der Waals surface area contributed by atoms with Crippen LogP contribution in [-0.2, 0) is 19.7 Å². The second-order valence-corrected chi connectivity index (χ2v) is 10.1. The zero-order valence-electron chi connectivity index (χ0n) is 20.5. The van der Waals surface area contributed by atoms with Gasteiger partial charge >= 0.3 is 0 Å². The minimum absolute atomic E-state index is 0.0445. The Morgan fingerprint density at radius 2 is 1.74 bits per heavy atom. The lowest BCUT2D eigenvalue weighted by Crippen LogP contribution is -2.55. The minimum atomic E-state index is -1.19. The molecule has 2 aromatic carbocycles. The Hall–Kier alpha value is -4.15. The number of halogens is 4. The maximum Gasteiger partial charge on any atom is 0.275 e. The van der Waals surface area contributed by atoms with Crippen LogP contribution in [-0.4, -0.2) is 39.5 Å². The Kier molecular flexibility index (Phi) is 6.16. The highest BCUT2D eigenvalue weighted by molar-refractivity contribution is 5.99. The number of aromatic nitrogens is 1. The highest BCUT2D eigenvalue weighted by Gasteiger charge is 2.56. The van der Waals surface area contributed by atoms with E-state index in [2.05, 4.69) is 5.32 Å². The van der Waals surface area contributed by atoms with Crippen LogP contribution in [0.3, 0.4) is 0 Å². The Bertz CT molecular complexity index is 1520. The van der Waals surface area contributed by atoms with E-state index in [1.54, 1.807) is 30.3 Å². The fourth-order valence-corrected chi connectivity index (χ4v) is 5.97. The fourth-order valence-electron chi connectivity index (χ4n) is 5.97. The average Bonchev–Trinajstić information content (AvgIpc) is 3.45. The van der Waals surface area contributed by atoms with Gasteiger partial charge < -0.3 is 19.5 Å². The number of rotatable bonds is 6. The highest BCUT2D eigenvalue weighted by Crippen LogP contribution is 2.47. The lowest BCUT2D eigenvalue weighted by atomic mass is 9.95. The van der Waals surface area contributed by atoms with Gasteiger partial charge in [-0.15, -0.1) is 0 Å². The zero-order valence-corrected chi connectivity index (χ0v) is 20.5. The number of piperidine rings is 1. The summed E-state index contributed by atoms with van der Waals surface area (Å²) in [6, 6.07) is 9.00. The zero-order chi connectivity index (χ0) is 27.4. The van der Waals surface area contributed by atoms with E-state index in [0.29, 0.717) is 30.5 Å². The molecule has 0 radical (unpaired) electrons. The quantitative estimate of drug-likeness (QED) is 0.483. The molecule has 3 heterocycles. The number of pyridine rings is 1. The molecule has 1 saturated carbocycles. The van der Waals surface area contributed by atoms with E-state index >= 15 is 0 Å². The molecule has 2 fully saturated rings. The van der Waals surface area contributed by atoms with E-state index in [4.69, 9.17) is 4.74 Å². The number of alkyl halides is 1. The molecule has 2 bridgehead atoms. The van der Waals surface area contributed by atoms with Crippen molar-refractivity contribution in [3.05, 3.63) is 98.7 Å². The summed E-state index contributed by atoms with van der Waals surface area (Å²) < 4.78 is 63.3. The first-order valence-electron chi connectivity index (χ1n) is 12.6. The van der Waals surface area contributed by atoms with Gasteiger partial charge in [-0.25, -0.2) is 17.6 Å². The minimum Gasteiger partial charge on any atom is -0.483 e. The average molecular weight is 542 g/mol. The lowest BCUT2D eigenvalue weighted by molar-refractivity contribution is 0.0313. The van der Waals surface area contributed by atoms with Crippen molar-refractivity contribution >= 4 is 11.8 Å². The molecular formula is C28H23F4N3O4. The normalized spacial score (nSPS) is 23.0. The monoisotopic (exact) mass is 541 g/mol. The smallest absolute Gasteiger partial charge is 0.275 e. The third-order valence-corrected chi connectivity index (χ3v) is 7.81. The first-order chi connectivity index (χ1) is 18.7. The molecule has 2 aliphatic heterocycles. The van der Waals surface area contributed by atoms with Crippen LogP contribution in [0.1, 0.15) is 44.8 Å². The summed E-state index contributed by atoms with van der Waals surface area (Å²) in [7, 11) is 0. The summed E-state index contributed by atoms with van der Waals surface area (Å²) in [5.74, 6) is -5.36. The molecule has 202 valence electrons. The van der Waals surface area contributed by atoms with Gasteiger partial charge in [-0.2, -0.15) is 0 Å². The Labute approximate surface area is 220 Å². The Balaban J connectivity index is 1.36. The van der Waals surface area contributed by atoms with Crippen molar-refractivity contribution in [2.45, 2.75) is 50.8 Å². The highest BCUT2D eigenvalue weighted by atomic mass is 19.1. The third kappa shape index (κ3) is 4.25. The van der Waals surface area contributed by atoms with Crippen molar-refractivity contribution in [2.24, 2.45) is 5.92 Å². The standard InChI is InChI=1S/C28H23F4N3O4/c29-16-8-19(30)17(20(31)9-16)10-33-27(37)18-11-34-12-23-15-6-21(32)22(7-15)35(23)28(38)24(34)26(25(18)36)39-13-14-4-2-1-3-5-14/h1-5,8-9,11,15,21-23H,6-7,10,12-13H2,(H,33,37)/t15-,21-,22?,23?/m0/s1. The van der Waals surface area contributed by atoms with Gasteiger partial charge in [0.25, 0.3) is 11.8 Å². The van der Waals surface area contributed by atoms with Crippen molar-refractivity contribution in [2.75, 3.05) is 0 Å². The van der Waals surface area contributed by atoms with Crippen LogP contribution < -0.4 is 15.5 Å². The molecule has 3 aliphatic rings. The maximum atomic E-state index is 14.5. The number of carbonyl (C=O) groups excluding carboxylic acids is 2. The summed E-state index contributed by atoms with van der Waals surface area (Å²) in [6.45, 7) is -0.484. The summed E-state index contributed by atoms with van der Waals surface area (Å²) in [6.07, 6.45) is 0.959. The SMILES string of the molecule is O=C(NCc1c(F)cc(F)cc1F)c1cn2c(c(OCc3ccccc3)c1=O)C(=O)N1C(C2)[C@@H]2CC1[C@@H](F)C2. The van der Waals surface area contributed by atoms with Crippen LogP contribution >= 0.6 is 0 Å². The van der Waals surface area contributed by atoms with Gasteiger partial charge in [-0.05, 0) is 24.3 Å². The van der Waals surface area contributed by atoms with Gasteiger partial charge in [0.05, 0.1) is 12.1 Å². The predicted molar refractivity (Wildman–Crippen MR) is 130 cm³/mol. The van der Waals surface area contributed by atoms with E-state index in [9.17, 15) is 31.9 Å². The molecule has 7 nitrogen and oxygen atoms in total. The number of amides is 2. The molecule has 1 saturated heterocycles. The second-order valence-electron chi connectivity index (χ2n) is 10.1. The summed E-state index contributed by atoms with van der Waals surface area (Å²) in [5.41, 5.74) is -1.21. The topological polar surface area (TPSA) is 80.6 Å². The number of nitrogens with zero attached hydrogens (tertiary/aromatic N) is 2. The summed E-state index contributed by atoms with van der Waals surface area (Å²) in [5, 5.41) is 2.30. The van der Waals surface area contributed by atoms with Crippen LogP contribution in [0.5, 0.6) is 5.75 Å². The van der Waals surface area contributed by atoms with E-state index in [1.807, 2.05) is 0 Å².